The molecule has 0 atom stereocenters. The Morgan fingerprint density at radius 2 is 1.93 bits per heavy atom. The van der Waals surface area contributed by atoms with Crippen molar-refractivity contribution in [3.05, 3.63) is 77.0 Å². The van der Waals surface area contributed by atoms with E-state index in [4.69, 9.17) is 12.2 Å². The number of nitrogens with zero attached hydrogens (tertiary/aromatic N) is 4. The second kappa shape index (κ2) is 9.49. The number of hydrogen-bond acceptors (Lipinski definition) is 6. The molecule has 0 radical (unpaired) electrons. The lowest BCUT2D eigenvalue weighted by Crippen LogP contribution is -2.18. The summed E-state index contributed by atoms with van der Waals surface area (Å²) < 4.78 is 0. The van der Waals surface area contributed by atoms with Crippen molar-refractivity contribution in [2.24, 2.45) is 4.99 Å². The number of benzene rings is 2. The van der Waals surface area contributed by atoms with Crippen molar-refractivity contribution in [1.82, 2.24) is 14.9 Å². The highest BCUT2D eigenvalue weighted by atomic mass is 15.1. The molecule has 3 N–H and O–H groups in total. The smallest absolute Gasteiger partial charge is 0.222 e. The number of nitrogens with two attached hydrogens (primary N) is 1. The molecule has 0 bridgehead atoms. The van der Waals surface area contributed by atoms with E-state index in [1.165, 1.54) is 5.56 Å². The summed E-state index contributed by atoms with van der Waals surface area (Å²) in [5.74, 6) is 3.52. The quantitative estimate of drug-likeness (QED) is 0.482. The number of aliphatic imine (C=N–C) groups is 1. The van der Waals surface area contributed by atoms with Gasteiger partial charge in [0.15, 0.2) is 0 Å². The third kappa shape index (κ3) is 5.64. The van der Waals surface area contributed by atoms with Gasteiger partial charge in [0.05, 0.1) is 5.69 Å². The van der Waals surface area contributed by atoms with Gasteiger partial charge in [-0.25, -0.2) is 4.98 Å². The molecule has 6 nitrogen and oxygen atoms in total. The highest BCUT2D eigenvalue weighted by Gasteiger charge is 2.08. The van der Waals surface area contributed by atoms with Crippen LogP contribution in [0.4, 0.5) is 17.5 Å². The Labute approximate surface area is 171 Å². The van der Waals surface area contributed by atoms with Gasteiger partial charge in [0.2, 0.25) is 5.95 Å². The molecule has 29 heavy (non-hydrogen) atoms. The minimum Gasteiger partial charge on any atom is -0.368 e. The van der Waals surface area contributed by atoms with Crippen molar-refractivity contribution in [3.8, 4) is 12.3 Å². The Bertz CT molecular complexity index is 1040. The first-order valence-electron chi connectivity index (χ1n) is 9.23. The monoisotopic (exact) mass is 384 g/mol. The second-order valence-electron chi connectivity index (χ2n) is 6.72. The first-order valence-corrected chi connectivity index (χ1v) is 9.23. The average molecular weight is 384 g/mol. The van der Waals surface area contributed by atoms with Crippen LogP contribution in [0.15, 0.2) is 59.6 Å². The average Bonchev–Trinajstić information content (AvgIpc) is 2.69. The third-order valence-electron chi connectivity index (χ3n) is 4.27. The van der Waals surface area contributed by atoms with Gasteiger partial charge < -0.3 is 11.1 Å². The van der Waals surface area contributed by atoms with Crippen LogP contribution in [0.3, 0.4) is 0 Å². The number of nitrogen functional groups attached to an aromatic ring is 1. The number of anilines is 3. The summed E-state index contributed by atoms with van der Waals surface area (Å²) in [6.45, 7) is 1.47. The van der Waals surface area contributed by atoms with E-state index in [0.29, 0.717) is 12.4 Å². The maximum atomic E-state index is 5.94. The Morgan fingerprint density at radius 3 is 2.66 bits per heavy atom. The fraction of sp³-hybridized carbons (Fsp3) is 0.174. The van der Waals surface area contributed by atoms with Crippen LogP contribution in [0.25, 0.3) is 0 Å². The minimum absolute atomic E-state index is 0.230. The zero-order valence-corrected chi connectivity index (χ0v) is 16.6. The molecule has 0 aliphatic rings. The summed E-state index contributed by atoms with van der Waals surface area (Å²) >= 11 is 0. The van der Waals surface area contributed by atoms with E-state index in [-0.39, 0.29) is 5.95 Å². The van der Waals surface area contributed by atoms with Crippen molar-refractivity contribution in [2.75, 3.05) is 25.1 Å². The molecule has 1 aromatic heterocycles. The van der Waals surface area contributed by atoms with Crippen LogP contribution >= 0.6 is 0 Å². The van der Waals surface area contributed by atoms with Crippen LogP contribution in [0.5, 0.6) is 0 Å². The number of nitrogens with one attached hydrogen (secondary N) is 1. The molecule has 0 aliphatic heterocycles. The van der Waals surface area contributed by atoms with E-state index in [1.807, 2.05) is 49.5 Å². The van der Waals surface area contributed by atoms with Gasteiger partial charge in [0, 0.05) is 49.2 Å². The summed E-state index contributed by atoms with van der Waals surface area (Å²) in [5.41, 5.74) is 10.5. The molecule has 0 unspecified atom stereocenters. The van der Waals surface area contributed by atoms with Crippen LogP contribution in [-0.2, 0) is 13.1 Å². The van der Waals surface area contributed by atoms with Gasteiger partial charge in [-0.05, 0) is 30.8 Å². The molecule has 3 aromatic rings. The predicted octanol–water partition coefficient (Wildman–Crippen LogP) is 3.46. The fourth-order valence-corrected chi connectivity index (χ4v) is 3.06. The van der Waals surface area contributed by atoms with E-state index >= 15 is 0 Å². The summed E-state index contributed by atoms with van der Waals surface area (Å²) in [4.78, 5) is 14.9. The van der Waals surface area contributed by atoms with Gasteiger partial charge >= 0.3 is 0 Å². The van der Waals surface area contributed by atoms with Gasteiger partial charge in [0.25, 0.3) is 0 Å². The lowest BCUT2D eigenvalue weighted by Gasteiger charge is -2.17. The van der Waals surface area contributed by atoms with Gasteiger partial charge in [-0.2, -0.15) is 4.98 Å². The largest absolute Gasteiger partial charge is 0.368 e. The number of aromatic nitrogens is 2. The van der Waals surface area contributed by atoms with Crippen molar-refractivity contribution >= 4 is 23.7 Å². The maximum absolute atomic E-state index is 5.94. The molecular formula is C23H24N6. The zero-order valence-electron chi connectivity index (χ0n) is 16.6. The number of terminal acetylenes is 1. The highest BCUT2D eigenvalue weighted by molar-refractivity contribution is 5.85. The molecule has 2 aromatic carbocycles. The van der Waals surface area contributed by atoms with E-state index in [2.05, 4.69) is 43.2 Å². The molecule has 0 amide bonds. The Morgan fingerprint density at radius 1 is 1.14 bits per heavy atom. The maximum Gasteiger partial charge on any atom is 0.222 e. The SMILES string of the molecule is C#Cc1ccc(Nc2cc(CN(C)Cc3ccccc3)nc(N)n2)cc1C=NC. The highest BCUT2D eigenvalue weighted by Crippen LogP contribution is 2.20. The van der Waals surface area contributed by atoms with Gasteiger partial charge in [0.1, 0.15) is 5.82 Å². The molecule has 146 valence electrons. The predicted molar refractivity (Wildman–Crippen MR) is 119 cm³/mol. The van der Waals surface area contributed by atoms with Gasteiger partial charge in [-0.3, -0.25) is 9.89 Å². The molecule has 1 heterocycles. The van der Waals surface area contributed by atoms with Crippen molar-refractivity contribution in [3.63, 3.8) is 0 Å². The van der Waals surface area contributed by atoms with Crippen LogP contribution < -0.4 is 11.1 Å². The fourth-order valence-electron chi connectivity index (χ4n) is 3.06. The van der Waals surface area contributed by atoms with E-state index < -0.39 is 0 Å². The molecule has 0 spiro atoms. The van der Waals surface area contributed by atoms with Crippen LogP contribution in [0.2, 0.25) is 0 Å². The second-order valence-corrected chi connectivity index (χ2v) is 6.72. The number of hydrogen-bond donors (Lipinski definition) is 2. The molecule has 0 aliphatic carbocycles. The summed E-state index contributed by atoms with van der Waals surface area (Å²) in [6, 6.07) is 17.9. The Kier molecular flexibility index (Phi) is 6.56. The van der Waals surface area contributed by atoms with Crippen molar-refractivity contribution in [1.29, 1.82) is 0 Å². The molecule has 0 saturated heterocycles. The van der Waals surface area contributed by atoms with Crippen molar-refractivity contribution < 1.29 is 0 Å². The number of rotatable bonds is 7. The van der Waals surface area contributed by atoms with E-state index in [0.717, 1.165) is 29.1 Å². The van der Waals surface area contributed by atoms with Crippen LogP contribution in [0.1, 0.15) is 22.4 Å². The molecule has 0 fully saturated rings. The van der Waals surface area contributed by atoms with Gasteiger partial charge in [-0.15, -0.1) is 6.42 Å². The van der Waals surface area contributed by atoms with Crippen LogP contribution in [-0.4, -0.2) is 35.2 Å². The first-order chi connectivity index (χ1) is 14.1. The summed E-state index contributed by atoms with van der Waals surface area (Å²) in [7, 11) is 3.76. The molecule has 0 saturated carbocycles. The lowest BCUT2D eigenvalue weighted by atomic mass is 10.1. The first kappa shape index (κ1) is 20.1. The normalized spacial score (nSPS) is 11.0. The molecule has 3 rings (SSSR count). The Hall–Kier alpha value is -3.69. The topological polar surface area (TPSA) is 79.4 Å². The third-order valence-corrected chi connectivity index (χ3v) is 4.27. The van der Waals surface area contributed by atoms with Gasteiger partial charge in [-0.1, -0.05) is 36.3 Å². The van der Waals surface area contributed by atoms with E-state index in [1.54, 1.807) is 13.3 Å². The molecular weight excluding hydrogens is 360 g/mol. The zero-order chi connectivity index (χ0) is 20.6. The summed E-state index contributed by atoms with van der Waals surface area (Å²) in [5, 5.41) is 3.28. The standard InChI is InChI=1S/C23H24N6/c1-4-18-10-11-20(12-19(18)14-25-2)26-22-13-21(27-23(24)28-22)16-29(3)15-17-8-6-5-7-9-17/h1,5-14H,15-16H2,2-3H3,(H3,24,26,27,28). The molecule has 6 heteroatoms. The Balaban J connectivity index is 1.75. The van der Waals surface area contributed by atoms with Crippen LogP contribution in [0, 0.1) is 12.3 Å². The lowest BCUT2D eigenvalue weighted by molar-refractivity contribution is 0.315. The van der Waals surface area contributed by atoms with Crippen molar-refractivity contribution in [2.45, 2.75) is 13.1 Å². The summed E-state index contributed by atoms with van der Waals surface area (Å²) in [6.07, 6.45) is 7.29. The van der Waals surface area contributed by atoms with E-state index in [9.17, 15) is 0 Å². The minimum atomic E-state index is 0.230.